The molecule has 1 aromatic heterocycles. The molecule has 2 aromatic rings. The van der Waals surface area contributed by atoms with Crippen molar-refractivity contribution in [2.24, 2.45) is 0 Å². The fraction of sp³-hybridized carbons (Fsp3) is 0.571. The van der Waals surface area contributed by atoms with Gasteiger partial charge in [-0.05, 0) is 60.3 Å². The number of aromatic nitrogens is 1. The maximum Gasteiger partial charge on any atom is 0.196 e. The first-order valence-electron chi connectivity index (χ1n) is 10.6. The molecule has 0 saturated carbocycles. The molecule has 2 heterocycles. The molecule has 3 rings (SSSR count). The molecule has 0 amide bonds. The van der Waals surface area contributed by atoms with Gasteiger partial charge in [0.15, 0.2) is 15.0 Å². The van der Waals surface area contributed by atoms with E-state index in [0.29, 0.717) is 34.1 Å². The van der Waals surface area contributed by atoms with E-state index in [1.54, 1.807) is 0 Å². The number of thiazole rings is 1. The number of halogens is 3. The van der Waals surface area contributed by atoms with Gasteiger partial charge in [0, 0.05) is 17.1 Å². The monoisotopic (exact) mass is 535 g/mol. The van der Waals surface area contributed by atoms with E-state index in [9.17, 15) is 17.2 Å². The molecule has 0 unspecified atom stereocenters. The minimum Gasteiger partial charge on any atom is -0.384 e. The standard InChI is InChI=1S/C21H28BrF2N3O2S2/c22-16-11-19(31(28,29)14-21-27-13-20(24)30-21)17(23)12-18(16)26-10-5-2-1-3-7-15-8-4-6-9-25-15/h11-13,15,25-26H,1-10,14H2/t15-/m0/s1. The summed E-state index contributed by atoms with van der Waals surface area (Å²) in [6.45, 7) is 1.83. The van der Waals surface area contributed by atoms with Crippen LogP contribution in [0.2, 0.25) is 0 Å². The van der Waals surface area contributed by atoms with Gasteiger partial charge in [0.05, 0.1) is 11.9 Å². The van der Waals surface area contributed by atoms with Gasteiger partial charge >= 0.3 is 0 Å². The minimum atomic E-state index is -3.97. The number of hydrogen-bond donors (Lipinski definition) is 2. The summed E-state index contributed by atoms with van der Waals surface area (Å²) in [5, 5.41) is 6.26. The Morgan fingerprint density at radius 1 is 1.19 bits per heavy atom. The van der Waals surface area contributed by atoms with Gasteiger partial charge in [0.1, 0.15) is 21.5 Å². The molecule has 1 aliphatic heterocycles. The Morgan fingerprint density at radius 2 is 2.00 bits per heavy atom. The Hall–Kier alpha value is -1.10. The Morgan fingerprint density at radius 3 is 2.71 bits per heavy atom. The summed E-state index contributed by atoms with van der Waals surface area (Å²) in [4.78, 5) is 3.29. The molecular weight excluding hydrogens is 508 g/mol. The number of piperidine rings is 1. The van der Waals surface area contributed by atoms with Crippen LogP contribution in [0.15, 0.2) is 27.7 Å². The maximum absolute atomic E-state index is 14.5. The van der Waals surface area contributed by atoms with Crippen molar-refractivity contribution < 1.29 is 17.2 Å². The summed E-state index contributed by atoms with van der Waals surface area (Å²) in [5.74, 6) is -1.36. The second kappa shape index (κ2) is 11.7. The van der Waals surface area contributed by atoms with Crippen molar-refractivity contribution in [3.63, 3.8) is 0 Å². The predicted molar refractivity (Wildman–Crippen MR) is 124 cm³/mol. The van der Waals surface area contributed by atoms with Crippen LogP contribution in [0.25, 0.3) is 0 Å². The number of unbranched alkanes of at least 4 members (excludes halogenated alkanes) is 3. The van der Waals surface area contributed by atoms with E-state index in [4.69, 9.17) is 0 Å². The summed E-state index contributed by atoms with van der Waals surface area (Å²) in [5.41, 5.74) is 0.517. The van der Waals surface area contributed by atoms with Crippen LogP contribution in [0.3, 0.4) is 0 Å². The molecule has 0 bridgehead atoms. The molecule has 0 spiro atoms. The third-order valence-corrected chi connectivity index (χ3v) is 8.66. The van der Waals surface area contributed by atoms with Crippen LogP contribution >= 0.6 is 27.3 Å². The van der Waals surface area contributed by atoms with Gasteiger partial charge in [-0.25, -0.2) is 17.8 Å². The van der Waals surface area contributed by atoms with Crippen LogP contribution in [-0.4, -0.2) is 32.5 Å². The highest BCUT2D eigenvalue weighted by molar-refractivity contribution is 9.10. The average molecular weight is 537 g/mol. The average Bonchev–Trinajstić information content (AvgIpc) is 3.13. The molecule has 31 heavy (non-hydrogen) atoms. The SMILES string of the molecule is O=S(=O)(Cc1ncc(F)s1)c1cc(Br)c(NCCCCCC[C@H]2CCCCN2)cc1F. The lowest BCUT2D eigenvalue weighted by molar-refractivity contribution is 0.371. The summed E-state index contributed by atoms with van der Waals surface area (Å²) in [6.07, 6.45) is 10.5. The van der Waals surface area contributed by atoms with Crippen molar-refractivity contribution >= 4 is 42.8 Å². The fourth-order valence-electron chi connectivity index (χ4n) is 3.76. The van der Waals surface area contributed by atoms with Gasteiger partial charge < -0.3 is 10.6 Å². The molecule has 1 saturated heterocycles. The van der Waals surface area contributed by atoms with Crippen LogP contribution in [0.5, 0.6) is 0 Å². The summed E-state index contributed by atoms with van der Waals surface area (Å²) in [6, 6.07) is 3.12. The normalized spacial score (nSPS) is 17.1. The van der Waals surface area contributed by atoms with Gasteiger partial charge in [0.25, 0.3) is 0 Å². The Kier molecular flexibility index (Phi) is 9.24. The van der Waals surface area contributed by atoms with E-state index >= 15 is 0 Å². The Labute approximate surface area is 195 Å². The number of anilines is 1. The van der Waals surface area contributed by atoms with Crippen LogP contribution in [0.1, 0.15) is 56.4 Å². The largest absolute Gasteiger partial charge is 0.384 e. The van der Waals surface area contributed by atoms with E-state index in [1.165, 1.54) is 50.7 Å². The predicted octanol–water partition coefficient (Wildman–Crippen LogP) is 5.66. The molecule has 1 aromatic carbocycles. The molecule has 1 fully saturated rings. The Bertz CT molecular complexity index is 964. The van der Waals surface area contributed by atoms with Crippen molar-refractivity contribution in [3.8, 4) is 0 Å². The lowest BCUT2D eigenvalue weighted by atomic mass is 9.99. The lowest BCUT2D eigenvalue weighted by Crippen LogP contribution is -2.33. The summed E-state index contributed by atoms with van der Waals surface area (Å²) in [7, 11) is -3.97. The van der Waals surface area contributed by atoms with Crippen LogP contribution in [0, 0.1) is 10.9 Å². The lowest BCUT2D eigenvalue weighted by Gasteiger charge is -2.23. The zero-order valence-corrected chi connectivity index (χ0v) is 20.5. The highest BCUT2D eigenvalue weighted by Gasteiger charge is 2.23. The Balaban J connectivity index is 1.45. The molecule has 5 nitrogen and oxygen atoms in total. The van der Waals surface area contributed by atoms with Gasteiger partial charge in [-0.1, -0.05) is 37.0 Å². The molecule has 172 valence electrons. The molecule has 0 radical (unpaired) electrons. The van der Waals surface area contributed by atoms with Gasteiger partial charge in [-0.3, -0.25) is 0 Å². The molecule has 1 atom stereocenters. The van der Waals surface area contributed by atoms with Crippen molar-refractivity contribution in [1.82, 2.24) is 10.3 Å². The molecule has 2 N–H and O–H groups in total. The number of rotatable bonds is 11. The van der Waals surface area contributed by atoms with Crippen LogP contribution in [-0.2, 0) is 15.6 Å². The van der Waals surface area contributed by atoms with Gasteiger partial charge in [-0.15, -0.1) is 0 Å². The number of nitrogens with one attached hydrogen (secondary N) is 2. The first-order chi connectivity index (χ1) is 14.8. The van der Waals surface area contributed by atoms with Gasteiger partial charge in [0.2, 0.25) is 0 Å². The van der Waals surface area contributed by atoms with Gasteiger partial charge in [-0.2, -0.15) is 4.39 Å². The van der Waals surface area contributed by atoms with Crippen LogP contribution < -0.4 is 10.6 Å². The first-order valence-corrected chi connectivity index (χ1v) is 13.9. The molecular formula is C21H28BrF2N3O2S2. The molecule has 1 aliphatic rings. The zero-order chi connectivity index (χ0) is 22.3. The quantitative estimate of drug-likeness (QED) is 0.363. The zero-order valence-electron chi connectivity index (χ0n) is 17.3. The summed E-state index contributed by atoms with van der Waals surface area (Å²) < 4.78 is 53.2. The topological polar surface area (TPSA) is 71.1 Å². The van der Waals surface area contributed by atoms with E-state index in [0.717, 1.165) is 25.6 Å². The fourth-order valence-corrected chi connectivity index (χ4v) is 6.74. The third kappa shape index (κ3) is 7.47. The smallest absolute Gasteiger partial charge is 0.196 e. The number of benzene rings is 1. The highest BCUT2D eigenvalue weighted by atomic mass is 79.9. The molecule has 10 heteroatoms. The van der Waals surface area contributed by atoms with Crippen LogP contribution in [0.4, 0.5) is 14.5 Å². The van der Waals surface area contributed by atoms with E-state index in [1.807, 2.05) is 0 Å². The minimum absolute atomic E-state index is 0.0921. The van der Waals surface area contributed by atoms with E-state index < -0.39 is 31.4 Å². The maximum atomic E-state index is 14.5. The van der Waals surface area contributed by atoms with Crippen molar-refractivity contribution in [2.45, 2.75) is 68.1 Å². The molecule has 0 aliphatic carbocycles. The number of nitrogens with zero attached hydrogens (tertiary/aromatic N) is 1. The highest BCUT2D eigenvalue weighted by Crippen LogP contribution is 2.30. The van der Waals surface area contributed by atoms with Crippen molar-refractivity contribution in [2.75, 3.05) is 18.4 Å². The third-order valence-electron chi connectivity index (χ3n) is 5.40. The first kappa shape index (κ1) is 24.5. The number of hydrogen-bond acceptors (Lipinski definition) is 6. The van der Waals surface area contributed by atoms with Crippen molar-refractivity contribution in [3.05, 3.63) is 38.8 Å². The van der Waals surface area contributed by atoms with Crippen molar-refractivity contribution in [1.29, 1.82) is 0 Å². The summed E-state index contributed by atoms with van der Waals surface area (Å²) >= 11 is 3.97. The van der Waals surface area contributed by atoms with E-state index in [2.05, 4.69) is 31.5 Å². The second-order valence-electron chi connectivity index (χ2n) is 7.86. The van der Waals surface area contributed by atoms with E-state index in [-0.39, 0.29) is 5.01 Å². The number of sulfone groups is 1. The second-order valence-corrected chi connectivity index (χ2v) is 11.7.